The lowest BCUT2D eigenvalue weighted by Crippen LogP contribution is -2.21. The van der Waals surface area contributed by atoms with Gasteiger partial charge in [0.2, 0.25) is 11.8 Å². The fourth-order valence-electron chi connectivity index (χ4n) is 3.64. The van der Waals surface area contributed by atoms with E-state index in [1.54, 1.807) is 11.8 Å². The molecule has 0 fully saturated rings. The van der Waals surface area contributed by atoms with Gasteiger partial charge in [0.1, 0.15) is 24.0 Å². The van der Waals surface area contributed by atoms with Gasteiger partial charge in [0.25, 0.3) is 5.56 Å². The van der Waals surface area contributed by atoms with Gasteiger partial charge in [-0.15, -0.1) is 10.2 Å². The Morgan fingerprint density at radius 2 is 1.78 bits per heavy atom. The zero-order chi connectivity index (χ0) is 22.2. The Bertz CT molecular complexity index is 1460. The molecule has 0 atom stereocenters. The van der Waals surface area contributed by atoms with Crippen LogP contribution in [0.2, 0.25) is 0 Å². The molecular formula is C23H20N6O3. The normalized spacial score (nSPS) is 11.2. The van der Waals surface area contributed by atoms with E-state index in [0.717, 1.165) is 28.1 Å². The first-order valence-electron chi connectivity index (χ1n) is 10.0. The number of ether oxygens (including phenoxy) is 1. The molecular weight excluding hydrogens is 408 g/mol. The Morgan fingerprint density at radius 3 is 2.50 bits per heavy atom. The van der Waals surface area contributed by atoms with E-state index < -0.39 is 0 Å². The lowest BCUT2D eigenvalue weighted by molar-refractivity contribution is 0.415. The van der Waals surface area contributed by atoms with E-state index in [0.29, 0.717) is 22.8 Å². The van der Waals surface area contributed by atoms with Gasteiger partial charge in [0, 0.05) is 5.56 Å². The first-order chi connectivity index (χ1) is 15.5. The van der Waals surface area contributed by atoms with Gasteiger partial charge in [0.15, 0.2) is 5.65 Å². The summed E-state index contributed by atoms with van der Waals surface area (Å²) < 4.78 is 14.0. The van der Waals surface area contributed by atoms with E-state index in [9.17, 15) is 4.79 Å². The van der Waals surface area contributed by atoms with Crippen LogP contribution in [-0.2, 0) is 6.54 Å². The minimum Gasteiger partial charge on any atom is -0.497 e. The lowest BCUT2D eigenvalue weighted by atomic mass is 10.1. The van der Waals surface area contributed by atoms with Crippen LogP contribution in [-0.4, -0.2) is 36.6 Å². The number of hydrogen-bond acceptors (Lipinski definition) is 7. The summed E-state index contributed by atoms with van der Waals surface area (Å²) in [5.74, 6) is 1.41. The standard InChI is InChI=1S/C23H20N6O3/c1-14-8-15(2)10-17(9-14)29-21-19(11-25-29)23(30)28(13-24-21)12-20-26-27-22(32-20)16-4-6-18(31-3)7-5-16/h4-11,13H,12H2,1-3H3. The third kappa shape index (κ3) is 3.53. The van der Waals surface area contributed by atoms with Crippen molar-refractivity contribution in [1.29, 1.82) is 0 Å². The van der Waals surface area contributed by atoms with E-state index in [2.05, 4.69) is 26.3 Å². The van der Waals surface area contributed by atoms with Crippen molar-refractivity contribution in [2.24, 2.45) is 0 Å². The molecule has 0 saturated carbocycles. The maximum Gasteiger partial charge on any atom is 0.264 e. The van der Waals surface area contributed by atoms with Gasteiger partial charge < -0.3 is 9.15 Å². The average Bonchev–Trinajstić information content (AvgIpc) is 3.43. The molecule has 5 aromatic rings. The lowest BCUT2D eigenvalue weighted by Gasteiger charge is -2.07. The second-order valence-electron chi connectivity index (χ2n) is 7.55. The number of methoxy groups -OCH3 is 1. The molecule has 5 rings (SSSR count). The predicted octanol–water partition coefficient (Wildman–Crippen LogP) is 3.31. The molecule has 3 heterocycles. The van der Waals surface area contributed by atoms with Gasteiger partial charge in [-0.25, -0.2) is 9.67 Å². The number of benzene rings is 2. The molecule has 2 aromatic carbocycles. The van der Waals surface area contributed by atoms with Crippen LogP contribution in [0.5, 0.6) is 5.75 Å². The van der Waals surface area contributed by atoms with Crippen molar-refractivity contribution in [3.8, 4) is 22.9 Å². The van der Waals surface area contributed by atoms with Crippen molar-refractivity contribution in [3.05, 3.63) is 82.4 Å². The van der Waals surface area contributed by atoms with Crippen LogP contribution in [0.4, 0.5) is 0 Å². The van der Waals surface area contributed by atoms with Crippen LogP contribution >= 0.6 is 0 Å². The predicted molar refractivity (Wildman–Crippen MR) is 118 cm³/mol. The van der Waals surface area contributed by atoms with Gasteiger partial charge in [-0.1, -0.05) is 6.07 Å². The Labute approximate surface area is 182 Å². The summed E-state index contributed by atoms with van der Waals surface area (Å²) in [6.07, 6.45) is 3.01. The fourth-order valence-corrected chi connectivity index (χ4v) is 3.64. The minimum atomic E-state index is -0.227. The number of aryl methyl sites for hydroxylation is 2. The van der Waals surface area contributed by atoms with E-state index >= 15 is 0 Å². The van der Waals surface area contributed by atoms with Crippen LogP contribution < -0.4 is 10.3 Å². The molecule has 0 radical (unpaired) electrons. The highest BCUT2D eigenvalue weighted by Crippen LogP contribution is 2.21. The minimum absolute atomic E-state index is 0.111. The van der Waals surface area contributed by atoms with Crippen LogP contribution in [0.3, 0.4) is 0 Å². The Balaban J connectivity index is 1.45. The van der Waals surface area contributed by atoms with Crippen LogP contribution in [0.15, 0.2) is 64.2 Å². The number of rotatable bonds is 5. The van der Waals surface area contributed by atoms with E-state index in [1.165, 1.54) is 17.1 Å². The molecule has 0 saturated heterocycles. The van der Waals surface area contributed by atoms with Gasteiger partial charge in [-0.2, -0.15) is 5.10 Å². The number of aromatic nitrogens is 6. The molecule has 0 unspecified atom stereocenters. The molecule has 32 heavy (non-hydrogen) atoms. The molecule has 160 valence electrons. The molecule has 0 aliphatic rings. The molecule has 9 nitrogen and oxygen atoms in total. The quantitative estimate of drug-likeness (QED) is 0.423. The first kappa shape index (κ1) is 19.7. The molecule has 0 amide bonds. The Hall–Kier alpha value is -4.27. The summed E-state index contributed by atoms with van der Waals surface area (Å²) in [6, 6.07) is 13.4. The topological polar surface area (TPSA) is 101 Å². The highest BCUT2D eigenvalue weighted by Gasteiger charge is 2.15. The first-order valence-corrected chi connectivity index (χ1v) is 10.0. The van der Waals surface area contributed by atoms with Crippen molar-refractivity contribution in [1.82, 2.24) is 29.5 Å². The van der Waals surface area contributed by atoms with Gasteiger partial charge in [-0.05, 0) is 61.4 Å². The molecule has 0 spiro atoms. The molecule has 3 aromatic heterocycles. The third-order valence-corrected chi connectivity index (χ3v) is 5.11. The molecule has 9 heteroatoms. The summed E-state index contributed by atoms with van der Waals surface area (Å²) in [5.41, 5.74) is 4.13. The maximum absolute atomic E-state index is 13.0. The molecule has 0 aliphatic carbocycles. The van der Waals surface area contributed by atoms with Crippen LogP contribution in [0, 0.1) is 13.8 Å². The van der Waals surface area contributed by atoms with Crippen LogP contribution in [0.1, 0.15) is 17.0 Å². The Kier molecular flexibility index (Phi) is 4.78. The molecule has 0 N–H and O–H groups in total. The molecule has 0 aliphatic heterocycles. The number of fused-ring (bicyclic) bond motifs is 1. The highest BCUT2D eigenvalue weighted by molar-refractivity contribution is 5.75. The second-order valence-corrected chi connectivity index (χ2v) is 7.55. The van der Waals surface area contributed by atoms with Gasteiger partial charge in [-0.3, -0.25) is 9.36 Å². The van der Waals surface area contributed by atoms with Gasteiger partial charge in [0.05, 0.1) is 19.0 Å². The van der Waals surface area contributed by atoms with Crippen molar-refractivity contribution in [3.63, 3.8) is 0 Å². The fraction of sp³-hybridized carbons (Fsp3) is 0.174. The van der Waals surface area contributed by atoms with Gasteiger partial charge >= 0.3 is 0 Å². The number of hydrogen-bond donors (Lipinski definition) is 0. The van der Waals surface area contributed by atoms with Crippen molar-refractivity contribution < 1.29 is 9.15 Å². The average molecular weight is 428 g/mol. The summed E-state index contributed by atoms with van der Waals surface area (Å²) in [5, 5.41) is 13.0. The second kappa shape index (κ2) is 7.77. The maximum atomic E-state index is 13.0. The summed E-state index contributed by atoms with van der Waals surface area (Å²) >= 11 is 0. The number of nitrogens with zero attached hydrogens (tertiary/aromatic N) is 6. The zero-order valence-electron chi connectivity index (χ0n) is 17.8. The third-order valence-electron chi connectivity index (χ3n) is 5.11. The van der Waals surface area contributed by atoms with E-state index in [-0.39, 0.29) is 12.1 Å². The van der Waals surface area contributed by atoms with E-state index in [4.69, 9.17) is 9.15 Å². The highest BCUT2D eigenvalue weighted by atomic mass is 16.5. The van der Waals surface area contributed by atoms with Crippen LogP contribution in [0.25, 0.3) is 28.2 Å². The van der Waals surface area contributed by atoms with Crippen molar-refractivity contribution in [2.45, 2.75) is 20.4 Å². The monoisotopic (exact) mass is 428 g/mol. The summed E-state index contributed by atoms with van der Waals surface area (Å²) in [6.45, 7) is 4.15. The smallest absolute Gasteiger partial charge is 0.264 e. The van der Waals surface area contributed by atoms with E-state index in [1.807, 2.05) is 50.2 Å². The SMILES string of the molecule is COc1ccc(-c2nnc(Cn3cnc4c(cnn4-c4cc(C)cc(C)c4)c3=O)o2)cc1. The van der Waals surface area contributed by atoms with Crippen molar-refractivity contribution in [2.75, 3.05) is 7.11 Å². The van der Waals surface area contributed by atoms with Crippen molar-refractivity contribution >= 4 is 11.0 Å². The zero-order valence-corrected chi connectivity index (χ0v) is 17.8. The summed E-state index contributed by atoms with van der Waals surface area (Å²) in [4.78, 5) is 17.5. The molecule has 0 bridgehead atoms. The summed E-state index contributed by atoms with van der Waals surface area (Å²) in [7, 11) is 1.61. The Morgan fingerprint density at radius 1 is 1.03 bits per heavy atom. The largest absolute Gasteiger partial charge is 0.497 e.